The fourth-order valence-corrected chi connectivity index (χ4v) is 4.97. The van der Waals surface area contributed by atoms with Crippen molar-refractivity contribution in [3.8, 4) is 5.69 Å². The van der Waals surface area contributed by atoms with Crippen LogP contribution in [0.3, 0.4) is 0 Å². The first kappa shape index (κ1) is 19.8. The van der Waals surface area contributed by atoms with Crippen LogP contribution in [0.15, 0.2) is 54.6 Å². The zero-order valence-corrected chi connectivity index (χ0v) is 18.2. The molecule has 1 atom stereocenters. The zero-order valence-electron chi connectivity index (χ0n) is 18.2. The number of para-hydroxylation sites is 1. The lowest BCUT2D eigenvalue weighted by atomic mass is 10.1. The second-order valence-corrected chi connectivity index (χ2v) is 8.57. The Morgan fingerprint density at radius 3 is 2.52 bits per heavy atom. The van der Waals surface area contributed by atoms with Crippen LogP contribution >= 0.6 is 0 Å². The van der Waals surface area contributed by atoms with E-state index in [2.05, 4.69) is 32.3 Å². The van der Waals surface area contributed by atoms with Gasteiger partial charge in [0.05, 0.1) is 22.6 Å². The number of rotatable bonds is 4. The van der Waals surface area contributed by atoms with Gasteiger partial charge in [-0.1, -0.05) is 18.2 Å². The molecule has 1 amide bonds. The molecule has 1 N–H and O–H groups in total. The van der Waals surface area contributed by atoms with Crippen molar-refractivity contribution in [3.05, 3.63) is 71.5 Å². The van der Waals surface area contributed by atoms with Gasteiger partial charge in [0.2, 0.25) is 0 Å². The average molecular weight is 416 g/mol. The van der Waals surface area contributed by atoms with E-state index < -0.39 is 0 Å². The number of carbonyl (C=O) groups is 1. The molecule has 0 aliphatic carbocycles. The summed E-state index contributed by atoms with van der Waals surface area (Å²) in [5, 5.41) is 7.64. The van der Waals surface area contributed by atoms with Crippen LogP contribution in [-0.2, 0) is 0 Å². The average Bonchev–Trinajstić information content (AvgIpc) is 3.38. The molecular weight excluding hydrogens is 386 g/mol. The van der Waals surface area contributed by atoms with Gasteiger partial charge < -0.3 is 10.2 Å². The van der Waals surface area contributed by atoms with Crippen LogP contribution in [0, 0.1) is 13.8 Å². The minimum absolute atomic E-state index is 0.121. The fourth-order valence-electron chi connectivity index (χ4n) is 4.97. The molecule has 5 rings (SSSR count). The molecule has 6 nitrogen and oxygen atoms in total. The summed E-state index contributed by atoms with van der Waals surface area (Å²) < 4.78 is 1.83. The maximum absolute atomic E-state index is 13.0. The summed E-state index contributed by atoms with van der Waals surface area (Å²) in [5.41, 5.74) is 5.18. The van der Waals surface area contributed by atoms with Crippen LogP contribution in [0.25, 0.3) is 5.69 Å². The third kappa shape index (κ3) is 3.83. The Hall–Kier alpha value is -3.12. The minimum atomic E-state index is -0.121. The molecule has 6 heteroatoms. The number of benzene rings is 2. The van der Waals surface area contributed by atoms with Gasteiger partial charge in [0, 0.05) is 37.1 Å². The molecule has 160 valence electrons. The van der Waals surface area contributed by atoms with E-state index in [0.717, 1.165) is 42.4 Å². The van der Waals surface area contributed by atoms with Gasteiger partial charge in [-0.3, -0.25) is 9.69 Å². The lowest BCUT2D eigenvalue weighted by molar-refractivity contribution is 0.102. The zero-order chi connectivity index (χ0) is 21.4. The molecule has 2 aromatic carbocycles. The minimum Gasteiger partial charge on any atom is -0.369 e. The number of aryl methyl sites for hydroxylation is 1. The largest absolute Gasteiger partial charge is 0.369 e. The van der Waals surface area contributed by atoms with E-state index in [1.165, 1.54) is 25.1 Å². The van der Waals surface area contributed by atoms with Crippen LogP contribution in [0.1, 0.15) is 34.6 Å². The predicted molar refractivity (Wildman–Crippen MR) is 124 cm³/mol. The van der Waals surface area contributed by atoms with Gasteiger partial charge in [0.25, 0.3) is 5.91 Å². The molecule has 0 bridgehead atoms. The monoisotopic (exact) mass is 415 g/mol. The maximum atomic E-state index is 13.0. The van der Waals surface area contributed by atoms with E-state index in [-0.39, 0.29) is 5.91 Å². The molecule has 0 unspecified atom stereocenters. The number of aromatic nitrogens is 2. The molecule has 3 aromatic rings. The highest BCUT2D eigenvalue weighted by molar-refractivity contribution is 6.06. The SMILES string of the molecule is Cc1nn(-c2ccccc2)c(C)c1C(=O)Nc1ccc(N2CCN3CCC[C@H]3C2)cc1. The first-order valence-electron chi connectivity index (χ1n) is 11.1. The summed E-state index contributed by atoms with van der Waals surface area (Å²) in [6.07, 6.45) is 2.63. The van der Waals surface area contributed by atoms with Crippen molar-refractivity contribution in [1.82, 2.24) is 14.7 Å². The predicted octanol–water partition coefficient (Wildman–Crippen LogP) is 4.03. The summed E-state index contributed by atoms with van der Waals surface area (Å²) in [6.45, 7) is 8.39. The smallest absolute Gasteiger partial charge is 0.259 e. The van der Waals surface area contributed by atoms with Crippen molar-refractivity contribution >= 4 is 17.3 Å². The Morgan fingerprint density at radius 2 is 1.74 bits per heavy atom. The molecule has 2 aliphatic heterocycles. The summed E-state index contributed by atoms with van der Waals surface area (Å²) in [4.78, 5) is 18.1. The Kier molecular flexibility index (Phi) is 5.24. The topological polar surface area (TPSA) is 53.4 Å². The highest BCUT2D eigenvalue weighted by atomic mass is 16.1. The number of hydrogen-bond donors (Lipinski definition) is 1. The normalized spacial score (nSPS) is 18.8. The molecule has 1 aromatic heterocycles. The van der Waals surface area contributed by atoms with Crippen molar-refractivity contribution in [2.75, 3.05) is 36.4 Å². The Morgan fingerprint density at radius 1 is 0.968 bits per heavy atom. The number of nitrogens with one attached hydrogen (secondary N) is 1. The van der Waals surface area contributed by atoms with Gasteiger partial charge in [-0.25, -0.2) is 4.68 Å². The number of amides is 1. The van der Waals surface area contributed by atoms with Crippen LogP contribution in [-0.4, -0.2) is 52.8 Å². The lowest BCUT2D eigenvalue weighted by Gasteiger charge is -2.38. The summed E-state index contributed by atoms with van der Waals surface area (Å²) in [6, 6.07) is 18.8. The molecule has 0 spiro atoms. The van der Waals surface area contributed by atoms with Gasteiger partial charge in [0.15, 0.2) is 0 Å². The van der Waals surface area contributed by atoms with Crippen LogP contribution < -0.4 is 10.2 Å². The van der Waals surface area contributed by atoms with Gasteiger partial charge >= 0.3 is 0 Å². The van der Waals surface area contributed by atoms with Crippen molar-refractivity contribution in [2.45, 2.75) is 32.7 Å². The van der Waals surface area contributed by atoms with Crippen molar-refractivity contribution in [2.24, 2.45) is 0 Å². The van der Waals surface area contributed by atoms with Gasteiger partial charge in [0.1, 0.15) is 0 Å². The van der Waals surface area contributed by atoms with Crippen LogP contribution in [0.2, 0.25) is 0 Å². The van der Waals surface area contributed by atoms with Crippen LogP contribution in [0.5, 0.6) is 0 Å². The van der Waals surface area contributed by atoms with E-state index in [4.69, 9.17) is 0 Å². The number of fused-ring (bicyclic) bond motifs is 1. The number of piperazine rings is 1. The summed E-state index contributed by atoms with van der Waals surface area (Å²) >= 11 is 0. The molecule has 2 fully saturated rings. The molecule has 31 heavy (non-hydrogen) atoms. The first-order valence-corrected chi connectivity index (χ1v) is 11.1. The second kappa shape index (κ2) is 8.19. The van der Waals surface area contributed by atoms with E-state index in [0.29, 0.717) is 11.6 Å². The maximum Gasteiger partial charge on any atom is 0.259 e. The van der Waals surface area contributed by atoms with Gasteiger partial charge in [-0.2, -0.15) is 5.10 Å². The van der Waals surface area contributed by atoms with E-state index in [1.807, 2.05) is 61.0 Å². The molecular formula is C25H29N5O. The Balaban J connectivity index is 1.29. The van der Waals surface area contributed by atoms with Crippen molar-refractivity contribution in [1.29, 1.82) is 0 Å². The summed E-state index contributed by atoms with van der Waals surface area (Å²) in [5.74, 6) is -0.121. The fraction of sp³-hybridized carbons (Fsp3) is 0.360. The second-order valence-electron chi connectivity index (χ2n) is 8.57. The number of nitrogens with zero attached hydrogens (tertiary/aromatic N) is 4. The van der Waals surface area contributed by atoms with E-state index in [1.54, 1.807) is 0 Å². The highest BCUT2D eigenvalue weighted by Crippen LogP contribution is 2.27. The third-order valence-corrected chi connectivity index (χ3v) is 6.60. The van der Waals surface area contributed by atoms with Gasteiger partial charge in [-0.05, 0) is 69.6 Å². The quantitative estimate of drug-likeness (QED) is 0.699. The molecule has 0 saturated carbocycles. The van der Waals surface area contributed by atoms with Gasteiger partial charge in [-0.15, -0.1) is 0 Å². The number of anilines is 2. The van der Waals surface area contributed by atoms with E-state index >= 15 is 0 Å². The number of hydrogen-bond acceptors (Lipinski definition) is 4. The molecule has 2 aliphatic rings. The van der Waals surface area contributed by atoms with Crippen molar-refractivity contribution in [3.63, 3.8) is 0 Å². The third-order valence-electron chi connectivity index (χ3n) is 6.60. The molecule has 3 heterocycles. The Bertz CT molecular complexity index is 1070. The summed E-state index contributed by atoms with van der Waals surface area (Å²) in [7, 11) is 0. The Labute approximate surface area is 183 Å². The number of carbonyl (C=O) groups excluding carboxylic acids is 1. The van der Waals surface area contributed by atoms with E-state index in [9.17, 15) is 4.79 Å². The lowest BCUT2D eigenvalue weighted by Crippen LogP contribution is -2.50. The standard InChI is InChI=1S/C25H29N5O/c1-18-24(19(2)30(27-18)22-7-4-3-5-8-22)25(31)26-20-10-12-21(13-11-20)29-16-15-28-14-6-9-23(28)17-29/h3-5,7-8,10-13,23H,6,9,14-17H2,1-2H3,(H,26,31)/t23-/m0/s1. The molecule has 0 radical (unpaired) electrons. The molecule has 2 saturated heterocycles. The first-order chi connectivity index (χ1) is 15.1. The highest BCUT2D eigenvalue weighted by Gasteiger charge is 2.30. The van der Waals surface area contributed by atoms with Crippen LogP contribution in [0.4, 0.5) is 11.4 Å². The van der Waals surface area contributed by atoms with Crippen molar-refractivity contribution < 1.29 is 4.79 Å².